The largest absolute Gasteiger partial charge is 0.481 e. The molecule has 8 heteroatoms. The van der Waals surface area contributed by atoms with Gasteiger partial charge in [0.15, 0.2) is 0 Å². The standard InChI is InChI=1S/C19H27N5O2S/c25-18(26)16-13-23(7-2-9-24-8-1-5-21-24)15-19(16)3-10-22(11-4-19)14-17-20-6-12-27-17/h1,5-6,8,12,16H,2-4,7,9-11,13-15H2,(H,25,26). The van der Waals surface area contributed by atoms with Crippen molar-refractivity contribution >= 4 is 17.3 Å². The SMILES string of the molecule is O=C(O)C1CN(CCCn2cccn2)CC12CCN(Cc1nccs1)CC2. The maximum absolute atomic E-state index is 12.0. The van der Waals surface area contributed by atoms with E-state index in [1.54, 1.807) is 17.5 Å². The number of thiazole rings is 1. The summed E-state index contributed by atoms with van der Waals surface area (Å²) >= 11 is 1.69. The second-order valence-corrected chi connectivity index (χ2v) is 8.79. The van der Waals surface area contributed by atoms with E-state index >= 15 is 0 Å². The summed E-state index contributed by atoms with van der Waals surface area (Å²) < 4.78 is 1.94. The summed E-state index contributed by atoms with van der Waals surface area (Å²) in [6.45, 7) is 6.23. The van der Waals surface area contributed by atoms with Crippen LogP contribution in [0.2, 0.25) is 0 Å². The molecular formula is C19H27N5O2S. The molecule has 146 valence electrons. The number of aromatic nitrogens is 3. The van der Waals surface area contributed by atoms with Crippen molar-refractivity contribution in [3.8, 4) is 0 Å². The highest BCUT2D eigenvalue weighted by Gasteiger charge is 2.51. The van der Waals surface area contributed by atoms with E-state index in [2.05, 4.69) is 19.9 Å². The maximum atomic E-state index is 12.0. The zero-order chi connectivity index (χ0) is 18.7. The van der Waals surface area contributed by atoms with E-state index in [-0.39, 0.29) is 11.3 Å². The van der Waals surface area contributed by atoms with Gasteiger partial charge in [-0.05, 0) is 45.0 Å². The van der Waals surface area contributed by atoms with Crippen LogP contribution in [0.4, 0.5) is 0 Å². The van der Waals surface area contributed by atoms with Gasteiger partial charge in [0, 0.05) is 49.0 Å². The van der Waals surface area contributed by atoms with E-state index in [9.17, 15) is 9.90 Å². The average molecular weight is 390 g/mol. The topological polar surface area (TPSA) is 74.5 Å². The zero-order valence-electron chi connectivity index (χ0n) is 15.5. The molecule has 0 bridgehead atoms. The number of likely N-dealkylation sites (tertiary alicyclic amines) is 2. The predicted molar refractivity (Wildman–Crippen MR) is 103 cm³/mol. The van der Waals surface area contributed by atoms with Gasteiger partial charge in [-0.15, -0.1) is 11.3 Å². The van der Waals surface area contributed by atoms with E-state index in [1.165, 1.54) is 0 Å². The Labute approximate surface area is 163 Å². The quantitative estimate of drug-likeness (QED) is 0.781. The predicted octanol–water partition coefficient (Wildman–Crippen LogP) is 2.03. The van der Waals surface area contributed by atoms with E-state index in [0.717, 1.165) is 63.5 Å². The molecule has 2 aliphatic heterocycles. The number of carbonyl (C=O) groups is 1. The second kappa shape index (κ2) is 8.08. The minimum atomic E-state index is -0.627. The Kier molecular flexibility index (Phi) is 5.56. The molecule has 7 nitrogen and oxygen atoms in total. The van der Waals surface area contributed by atoms with Gasteiger partial charge >= 0.3 is 5.97 Å². The highest BCUT2D eigenvalue weighted by Crippen LogP contribution is 2.45. The first-order valence-corrected chi connectivity index (χ1v) is 10.6. The molecule has 0 amide bonds. The van der Waals surface area contributed by atoms with Crippen LogP contribution in [0.25, 0.3) is 0 Å². The molecule has 2 aromatic heterocycles. The van der Waals surface area contributed by atoms with Crippen LogP contribution in [0.3, 0.4) is 0 Å². The van der Waals surface area contributed by atoms with Crippen molar-refractivity contribution in [1.29, 1.82) is 0 Å². The molecule has 0 aliphatic carbocycles. The zero-order valence-corrected chi connectivity index (χ0v) is 16.4. The fraction of sp³-hybridized carbons (Fsp3) is 0.632. The lowest BCUT2D eigenvalue weighted by Crippen LogP contribution is -2.45. The fourth-order valence-corrected chi connectivity index (χ4v) is 5.31. The molecule has 1 unspecified atom stereocenters. The summed E-state index contributed by atoms with van der Waals surface area (Å²) in [5.41, 5.74) is -0.0725. The van der Waals surface area contributed by atoms with Crippen LogP contribution in [-0.4, -0.2) is 68.4 Å². The molecular weight excluding hydrogens is 362 g/mol. The van der Waals surface area contributed by atoms with Crippen molar-refractivity contribution in [2.45, 2.75) is 32.4 Å². The molecule has 4 rings (SSSR count). The van der Waals surface area contributed by atoms with Crippen LogP contribution < -0.4 is 0 Å². The van der Waals surface area contributed by atoms with Gasteiger partial charge in [-0.2, -0.15) is 5.10 Å². The van der Waals surface area contributed by atoms with Gasteiger partial charge in [0.05, 0.1) is 12.5 Å². The van der Waals surface area contributed by atoms with Gasteiger partial charge in [0.1, 0.15) is 5.01 Å². The molecule has 1 atom stereocenters. The summed E-state index contributed by atoms with van der Waals surface area (Å²) in [6, 6.07) is 1.94. The number of carboxylic acid groups (broad SMARTS) is 1. The smallest absolute Gasteiger partial charge is 0.308 e. The number of aryl methyl sites for hydroxylation is 1. The molecule has 2 aromatic rings. The van der Waals surface area contributed by atoms with Crippen LogP contribution in [-0.2, 0) is 17.9 Å². The van der Waals surface area contributed by atoms with Gasteiger partial charge in [-0.3, -0.25) is 14.4 Å². The van der Waals surface area contributed by atoms with Crippen LogP contribution in [0.15, 0.2) is 30.0 Å². The lowest BCUT2D eigenvalue weighted by Gasteiger charge is -2.41. The van der Waals surface area contributed by atoms with Crippen molar-refractivity contribution in [2.75, 3.05) is 32.7 Å². The lowest BCUT2D eigenvalue weighted by atomic mass is 9.71. The minimum Gasteiger partial charge on any atom is -0.481 e. The molecule has 2 fully saturated rings. The Morgan fingerprint density at radius 2 is 2.11 bits per heavy atom. The van der Waals surface area contributed by atoms with Crippen LogP contribution in [0.1, 0.15) is 24.3 Å². The van der Waals surface area contributed by atoms with Gasteiger partial charge in [-0.25, -0.2) is 4.98 Å². The maximum Gasteiger partial charge on any atom is 0.308 e. The van der Waals surface area contributed by atoms with Crippen molar-refractivity contribution < 1.29 is 9.90 Å². The van der Waals surface area contributed by atoms with Gasteiger partial charge in [0.2, 0.25) is 0 Å². The summed E-state index contributed by atoms with van der Waals surface area (Å²) in [5, 5.41) is 17.2. The molecule has 0 aromatic carbocycles. The second-order valence-electron chi connectivity index (χ2n) is 7.81. The third kappa shape index (κ3) is 4.23. The normalized spacial score (nSPS) is 23.2. The third-order valence-electron chi connectivity index (χ3n) is 6.13. The number of carboxylic acids is 1. The molecule has 0 saturated carbocycles. The van der Waals surface area contributed by atoms with Gasteiger partial charge in [0.25, 0.3) is 0 Å². The van der Waals surface area contributed by atoms with E-state index in [0.29, 0.717) is 6.54 Å². The van der Waals surface area contributed by atoms with Crippen LogP contribution in [0.5, 0.6) is 0 Å². The number of aliphatic carboxylic acids is 1. The molecule has 2 saturated heterocycles. The summed E-state index contributed by atoms with van der Waals surface area (Å²) in [7, 11) is 0. The summed E-state index contributed by atoms with van der Waals surface area (Å²) in [6.07, 6.45) is 8.55. The Morgan fingerprint density at radius 3 is 2.78 bits per heavy atom. The highest BCUT2D eigenvalue weighted by atomic mass is 32.1. The van der Waals surface area contributed by atoms with Gasteiger partial charge in [-0.1, -0.05) is 0 Å². The Hall–Kier alpha value is -1.77. The average Bonchev–Trinajstić information content (AvgIpc) is 3.39. The summed E-state index contributed by atoms with van der Waals surface area (Å²) in [5.74, 6) is -0.873. The van der Waals surface area contributed by atoms with Crippen molar-refractivity contribution in [1.82, 2.24) is 24.6 Å². The molecule has 4 heterocycles. The number of piperidine rings is 1. The van der Waals surface area contributed by atoms with Gasteiger partial charge < -0.3 is 10.0 Å². The van der Waals surface area contributed by atoms with Crippen LogP contribution in [0, 0.1) is 11.3 Å². The Morgan fingerprint density at radius 1 is 1.26 bits per heavy atom. The van der Waals surface area contributed by atoms with E-state index in [1.807, 2.05) is 28.5 Å². The summed E-state index contributed by atoms with van der Waals surface area (Å²) in [4.78, 5) is 21.1. The first-order valence-electron chi connectivity index (χ1n) is 9.68. The van der Waals surface area contributed by atoms with Crippen molar-refractivity contribution in [2.24, 2.45) is 11.3 Å². The molecule has 1 N–H and O–H groups in total. The first-order chi connectivity index (χ1) is 13.1. The lowest BCUT2D eigenvalue weighted by molar-refractivity contribution is -0.145. The molecule has 27 heavy (non-hydrogen) atoms. The highest BCUT2D eigenvalue weighted by molar-refractivity contribution is 7.09. The Balaban J connectivity index is 1.32. The van der Waals surface area contributed by atoms with E-state index < -0.39 is 5.97 Å². The fourth-order valence-electron chi connectivity index (χ4n) is 4.66. The monoisotopic (exact) mass is 389 g/mol. The molecule has 0 radical (unpaired) electrons. The Bertz CT molecular complexity index is 725. The minimum absolute atomic E-state index is 0.0725. The van der Waals surface area contributed by atoms with Crippen molar-refractivity contribution in [3.63, 3.8) is 0 Å². The molecule has 1 spiro atoms. The molecule has 2 aliphatic rings. The van der Waals surface area contributed by atoms with E-state index in [4.69, 9.17) is 0 Å². The van der Waals surface area contributed by atoms with Crippen LogP contribution >= 0.6 is 11.3 Å². The number of rotatable bonds is 7. The number of nitrogens with zero attached hydrogens (tertiary/aromatic N) is 5. The number of hydrogen-bond acceptors (Lipinski definition) is 6. The number of hydrogen-bond donors (Lipinski definition) is 1. The third-order valence-corrected chi connectivity index (χ3v) is 6.90. The van der Waals surface area contributed by atoms with Crippen molar-refractivity contribution in [3.05, 3.63) is 35.0 Å². The first kappa shape index (κ1) is 18.6.